The van der Waals surface area contributed by atoms with Crippen molar-refractivity contribution in [1.29, 1.82) is 0 Å². The Kier molecular flexibility index (Phi) is 7.77. The van der Waals surface area contributed by atoms with E-state index in [-0.39, 0.29) is 42.0 Å². The lowest BCUT2D eigenvalue weighted by Crippen LogP contribution is -2.41. The van der Waals surface area contributed by atoms with Gasteiger partial charge in [0.2, 0.25) is 5.91 Å². The summed E-state index contributed by atoms with van der Waals surface area (Å²) in [4.78, 5) is 27.2. The highest BCUT2D eigenvalue weighted by molar-refractivity contribution is 5.91. The molecule has 0 saturated carbocycles. The Balaban J connectivity index is 1.58. The Morgan fingerprint density at radius 2 is 1.92 bits per heavy atom. The minimum atomic E-state index is -0.394. The Morgan fingerprint density at radius 3 is 2.64 bits per heavy atom. The third-order valence-corrected chi connectivity index (χ3v) is 6.10. The maximum absolute atomic E-state index is 14.2. The van der Waals surface area contributed by atoms with Gasteiger partial charge in [-0.2, -0.15) is 0 Å². The molecule has 2 heterocycles. The minimum absolute atomic E-state index is 0.0100. The Morgan fingerprint density at radius 1 is 1.11 bits per heavy atom. The van der Waals surface area contributed by atoms with Gasteiger partial charge in [-0.15, -0.1) is 0 Å². The van der Waals surface area contributed by atoms with E-state index in [2.05, 4.69) is 5.32 Å². The molecule has 4 rings (SSSR count). The number of nitrogens with zero attached hydrogens (tertiary/aromatic N) is 1. The number of benzene rings is 2. The molecule has 0 aliphatic carbocycles. The van der Waals surface area contributed by atoms with Crippen LogP contribution in [0, 0.1) is 11.7 Å². The van der Waals surface area contributed by atoms with Crippen LogP contribution in [0.25, 0.3) is 0 Å². The number of ether oxygens (including phenoxy) is 1. The molecule has 0 radical (unpaired) electrons. The average molecular weight is 493 g/mol. The lowest BCUT2D eigenvalue weighted by atomic mass is 9.87. The molecular weight excluding hydrogens is 459 g/mol. The summed E-state index contributed by atoms with van der Waals surface area (Å²) >= 11 is 0. The number of furan rings is 1. The fourth-order valence-electron chi connectivity index (χ4n) is 4.52. The van der Waals surface area contributed by atoms with Crippen LogP contribution in [0.5, 0.6) is 5.75 Å². The van der Waals surface area contributed by atoms with Gasteiger partial charge in [0.1, 0.15) is 23.9 Å². The number of halogens is 1. The second-order valence-corrected chi connectivity index (χ2v) is 9.94. The maximum atomic E-state index is 14.2. The molecule has 0 bridgehead atoms. The van der Waals surface area contributed by atoms with Gasteiger partial charge in [-0.3, -0.25) is 9.59 Å². The molecule has 1 aromatic heterocycles. The van der Waals surface area contributed by atoms with Gasteiger partial charge in [-0.05, 0) is 79.3 Å². The minimum Gasteiger partial charge on any atom is -0.486 e. The number of amides is 2. The SMILES string of the molecule is CC(C)CC(=O)N1CCc2ccc(OCc3ccc(C(=O)NC(C)C)o3)cc2[C@H]1c1cccc(F)c1. The van der Waals surface area contributed by atoms with Crippen LogP contribution >= 0.6 is 0 Å². The molecule has 1 atom stereocenters. The zero-order valence-electron chi connectivity index (χ0n) is 21.2. The molecule has 1 N–H and O–H groups in total. The van der Waals surface area contributed by atoms with E-state index in [4.69, 9.17) is 9.15 Å². The zero-order chi connectivity index (χ0) is 25.8. The van der Waals surface area contributed by atoms with Crippen molar-refractivity contribution in [2.24, 2.45) is 5.92 Å². The van der Waals surface area contributed by atoms with Gasteiger partial charge in [0, 0.05) is 19.0 Å². The summed E-state index contributed by atoms with van der Waals surface area (Å²) in [6.07, 6.45) is 1.15. The Hall–Kier alpha value is -3.61. The van der Waals surface area contributed by atoms with Gasteiger partial charge in [-0.25, -0.2) is 4.39 Å². The van der Waals surface area contributed by atoms with E-state index in [9.17, 15) is 14.0 Å². The predicted molar refractivity (Wildman–Crippen MR) is 135 cm³/mol. The van der Waals surface area contributed by atoms with Gasteiger partial charge in [-0.1, -0.05) is 32.0 Å². The maximum Gasteiger partial charge on any atom is 0.287 e. The molecule has 2 aromatic carbocycles. The molecule has 7 heteroatoms. The monoisotopic (exact) mass is 492 g/mol. The number of carbonyl (C=O) groups is 2. The number of rotatable bonds is 8. The van der Waals surface area contributed by atoms with Crippen LogP contribution < -0.4 is 10.1 Å². The number of hydrogen-bond acceptors (Lipinski definition) is 4. The van der Waals surface area contributed by atoms with E-state index in [1.54, 1.807) is 18.2 Å². The third-order valence-electron chi connectivity index (χ3n) is 6.10. The van der Waals surface area contributed by atoms with E-state index < -0.39 is 6.04 Å². The molecule has 0 saturated heterocycles. The van der Waals surface area contributed by atoms with Gasteiger partial charge in [0.15, 0.2) is 5.76 Å². The smallest absolute Gasteiger partial charge is 0.287 e. The molecule has 0 spiro atoms. The summed E-state index contributed by atoms with van der Waals surface area (Å²) < 4.78 is 25.8. The summed E-state index contributed by atoms with van der Waals surface area (Å²) in [5.41, 5.74) is 2.77. The van der Waals surface area contributed by atoms with Crippen molar-refractivity contribution in [2.45, 2.75) is 59.2 Å². The predicted octanol–water partition coefficient (Wildman–Crippen LogP) is 5.66. The highest BCUT2D eigenvalue weighted by Crippen LogP contribution is 2.38. The average Bonchev–Trinajstić information content (AvgIpc) is 3.30. The molecule has 0 fully saturated rings. The Labute approximate surface area is 211 Å². The van der Waals surface area contributed by atoms with Crippen LogP contribution in [-0.2, 0) is 17.8 Å². The summed E-state index contributed by atoms with van der Waals surface area (Å²) in [5.74, 6) is 1.04. The van der Waals surface area contributed by atoms with Crippen molar-refractivity contribution in [3.63, 3.8) is 0 Å². The summed E-state index contributed by atoms with van der Waals surface area (Å²) in [5, 5.41) is 2.80. The van der Waals surface area contributed by atoms with Gasteiger partial charge < -0.3 is 19.4 Å². The van der Waals surface area contributed by atoms with Crippen LogP contribution in [-0.4, -0.2) is 29.3 Å². The highest BCUT2D eigenvalue weighted by Gasteiger charge is 2.32. The largest absolute Gasteiger partial charge is 0.486 e. The quantitative estimate of drug-likeness (QED) is 0.441. The first-order valence-electron chi connectivity index (χ1n) is 12.4. The summed E-state index contributed by atoms with van der Waals surface area (Å²) in [6, 6.07) is 15.2. The Bertz CT molecular complexity index is 1230. The van der Waals surface area contributed by atoms with Crippen molar-refractivity contribution in [2.75, 3.05) is 6.54 Å². The number of fused-ring (bicyclic) bond motifs is 1. The molecular formula is C29H33FN2O4. The molecule has 1 aliphatic heterocycles. The van der Waals surface area contributed by atoms with Crippen molar-refractivity contribution in [3.05, 3.63) is 88.6 Å². The normalized spacial score (nSPS) is 15.2. The van der Waals surface area contributed by atoms with E-state index in [1.807, 2.05) is 56.9 Å². The van der Waals surface area contributed by atoms with Crippen LogP contribution in [0.1, 0.15) is 73.2 Å². The van der Waals surface area contributed by atoms with Gasteiger partial charge >= 0.3 is 0 Å². The topological polar surface area (TPSA) is 71.8 Å². The molecule has 3 aromatic rings. The van der Waals surface area contributed by atoms with Crippen LogP contribution in [0.4, 0.5) is 4.39 Å². The zero-order valence-corrected chi connectivity index (χ0v) is 21.2. The standard InChI is InChI=1S/C29H33FN2O4/c1-18(2)14-27(33)32-13-12-20-8-9-23(16-25(20)28(32)21-6-5-7-22(30)15-21)35-17-24-10-11-26(36-24)29(34)31-19(3)4/h5-11,15-16,18-19,28H,12-14,17H2,1-4H3,(H,31,34)/t28-/m1/s1. The van der Waals surface area contributed by atoms with E-state index >= 15 is 0 Å². The molecule has 190 valence electrons. The lowest BCUT2D eigenvalue weighted by molar-refractivity contribution is -0.134. The first-order valence-corrected chi connectivity index (χ1v) is 12.4. The lowest BCUT2D eigenvalue weighted by Gasteiger charge is -2.38. The second-order valence-electron chi connectivity index (χ2n) is 9.94. The fraction of sp³-hybridized carbons (Fsp3) is 0.379. The number of carbonyl (C=O) groups excluding carboxylic acids is 2. The van der Waals surface area contributed by atoms with Crippen LogP contribution in [0.3, 0.4) is 0 Å². The molecule has 1 aliphatic rings. The number of hydrogen-bond donors (Lipinski definition) is 1. The van der Waals surface area contributed by atoms with Gasteiger partial charge in [0.25, 0.3) is 5.91 Å². The molecule has 2 amide bonds. The first kappa shape index (κ1) is 25.5. The van der Waals surface area contributed by atoms with E-state index in [0.29, 0.717) is 24.5 Å². The van der Waals surface area contributed by atoms with E-state index in [0.717, 1.165) is 23.1 Å². The highest BCUT2D eigenvalue weighted by atomic mass is 19.1. The van der Waals surface area contributed by atoms with E-state index in [1.165, 1.54) is 12.1 Å². The molecule has 6 nitrogen and oxygen atoms in total. The molecule has 0 unspecified atom stereocenters. The molecule has 36 heavy (non-hydrogen) atoms. The van der Waals surface area contributed by atoms with Crippen molar-refractivity contribution in [1.82, 2.24) is 10.2 Å². The van der Waals surface area contributed by atoms with Crippen molar-refractivity contribution < 1.29 is 23.1 Å². The summed E-state index contributed by atoms with van der Waals surface area (Å²) in [7, 11) is 0. The number of nitrogens with one attached hydrogen (secondary N) is 1. The van der Waals surface area contributed by atoms with Crippen LogP contribution in [0.2, 0.25) is 0 Å². The second kappa shape index (κ2) is 11.0. The first-order chi connectivity index (χ1) is 17.2. The summed E-state index contributed by atoms with van der Waals surface area (Å²) in [6.45, 7) is 8.53. The van der Waals surface area contributed by atoms with Gasteiger partial charge in [0.05, 0.1) is 6.04 Å². The fourth-order valence-corrected chi connectivity index (χ4v) is 4.52. The van der Waals surface area contributed by atoms with Crippen molar-refractivity contribution >= 4 is 11.8 Å². The van der Waals surface area contributed by atoms with Crippen LogP contribution in [0.15, 0.2) is 59.0 Å². The van der Waals surface area contributed by atoms with Crippen molar-refractivity contribution in [3.8, 4) is 5.75 Å². The third kappa shape index (κ3) is 5.96.